The van der Waals surface area contributed by atoms with Crippen LogP contribution in [0.5, 0.6) is 0 Å². The van der Waals surface area contributed by atoms with Crippen molar-refractivity contribution in [2.45, 2.75) is 26.7 Å². The van der Waals surface area contributed by atoms with Gasteiger partial charge in [0.2, 0.25) is 0 Å². The number of carbonyl (C=O) groups is 1. The molecule has 0 aromatic heterocycles. The second-order valence-corrected chi connectivity index (χ2v) is 4.05. The molecule has 0 unspecified atom stereocenters. The maximum atomic E-state index is 11.4. The van der Waals surface area contributed by atoms with Gasteiger partial charge in [0.15, 0.2) is 5.78 Å². The molecule has 0 atom stereocenters. The van der Waals surface area contributed by atoms with Crippen molar-refractivity contribution < 1.29 is 15.1 Å². The highest BCUT2D eigenvalue weighted by Gasteiger charge is 2.32. The van der Waals surface area contributed by atoms with Crippen molar-refractivity contribution in [2.24, 2.45) is 10.6 Å². The van der Waals surface area contributed by atoms with Gasteiger partial charge in [-0.05, 0) is 5.41 Å². The molecule has 0 fully saturated rings. The summed E-state index contributed by atoms with van der Waals surface area (Å²) in [5.41, 5.74) is -0.0737. The molecule has 0 heterocycles. The minimum absolute atomic E-state index is 0.0130. The Balaban J connectivity index is 3.01. The monoisotopic (exact) mass is 183 g/mol. The van der Waals surface area contributed by atoms with E-state index in [1.165, 1.54) is 0 Å². The predicted octanol–water partition coefficient (Wildman–Crippen LogP) is 1.65. The number of allylic oxidation sites excluding steroid dienone is 2. The number of oxime groups is 1. The smallest absolute Gasteiger partial charge is 0.168 e. The fraction of sp³-hybridized carbons (Fsp3) is 0.556. The van der Waals surface area contributed by atoms with Crippen LogP contribution in [0.3, 0.4) is 0 Å². The molecule has 13 heavy (non-hydrogen) atoms. The predicted molar refractivity (Wildman–Crippen MR) is 48.0 cm³/mol. The van der Waals surface area contributed by atoms with Crippen LogP contribution in [-0.2, 0) is 4.79 Å². The van der Waals surface area contributed by atoms with Gasteiger partial charge in [-0.1, -0.05) is 19.0 Å². The van der Waals surface area contributed by atoms with E-state index >= 15 is 0 Å². The van der Waals surface area contributed by atoms with E-state index in [1.54, 1.807) is 0 Å². The van der Waals surface area contributed by atoms with Gasteiger partial charge in [0.1, 0.15) is 5.76 Å². The highest BCUT2D eigenvalue weighted by atomic mass is 16.4. The fourth-order valence-corrected chi connectivity index (χ4v) is 1.51. The van der Waals surface area contributed by atoms with E-state index in [-0.39, 0.29) is 22.5 Å². The number of hydrogen-bond donors (Lipinski definition) is 2. The average molecular weight is 183 g/mol. The van der Waals surface area contributed by atoms with Crippen LogP contribution < -0.4 is 0 Å². The Labute approximate surface area is 76.6 Å². The molecule has 0 aromatic rings. The summed E-state index contributed by atoms with van der Waals surface area (Å²) in [6, 6.07) is 0. The van der Waals surface area contributed by atoms with Crippen LogP contribution in [0.25, 0.3) is 0 Å². The summed E-state index contributed by atoms with van der Waals surface area (Å²) >= 11 is 0. The normalized spacial score (nSPS) is 22.8. The molecule has 1 aliphatic rings. The molecule has 2 N–H and O–H groups in total. The standard InChI is InChI=1S/C9H13NO3/c1-9(2)3-7(11)6(5-10-13)8(12)4-9/h5,11,13H,3-4H2,1-2H3/b10-5+. The molecule has 0 saturated carbocycles. The van der Waals surface area contributed by atoms with Crippen molar-refractivity contribution >= 4 is 12.0 Å². The van der Waals surface area contributed by atoms with Crippen molar-refractivity contribution in [3.05, 3.63) is 11.3 Å². The van der Waals surface area contributed by atoms with Gasteiger partial charge >= 0.3 is 0 Å². The number of ketones is 1. The summed E-state index contributed by atoms with van der Waals surface area (Å²) in [4.78, 5) is 11.4. The molecular formula is C9H13NO3. The first-order valence-electron chi connectivity index (χ1n) is 4.09. The van der Waals surface area contributed by atoms with Gasteiger partial charge in [-0.3, -0.25) is 4.79 Å². The highest BCUT2D eigenvalue weighted by molar-refractivity contribution is 6.14. The summed E-state index contributed by atoms with van der Waals surface area (Å²) in [7, 11) is 0. The van der Waals surface area contributed by atoms with Crippen LogP contribution in [0, 0.1) is 5.41 Å². The third-order valence-electron chi connectivity index (χ3n) is 2.08. The highest BCUT2D eigenvalue weighted by Crippen LogP contribution is 2.34. The van der Waals surface area contributed by atoms with Crippen LogP contribution >= 0.6 is 0 Å². The lowest BCUT2D eigenvalue weighted by Crippen LogP contribution is -2.26. The van der Waals surface area contributed by atoms with Gasteiger partial charge < -0.3 is 10.3 Å². The number of hydrogen-bond acceptors (Lipinski definition) is 4. The van der Waals surface area contributed by atoms with Crippen LogP contribution in [0.15, 0.2) is 16.5 Å². The van der Waals surface area contributed by atoms with E-state index in [1.807, 2.05) is 13.8 Å². The van der Waals surface area contributed by atoms with E-state index in [4.69, 9.17) is 5.21 Å². The number of aliphatic hydroxyl groups excluding tert-OH is 1. The molecule has 0 aromatic carbocycles. The number of aliphatic hydroxyl groups is 1. The van der Waals surface area contributed by atoms with Gasteiger partial charge in [-0.15, -0.1) is 0 Å². The maximum Gasteiger partial charge on any atom is 0.168 e. The quantitative estimate of drug-likeness (QED) is 0.369. The Bertz CT molecular complexity index is 289. The molecule has 1 aliphatic carbocycles. The Kier molecular flexibility index (Phi) is 2.40. The average Bonchev–Trinajstić information content (AvgIpc) is 1.94. The molecule has 0 radical (unpaired) electrons. The number of Topliss-reactive ketones (excluding diaryl/α,β-unsaturated/α-hetero) is 1. The van der Waals surface area contributed by atoms with E-state index in [0.717, 1.165) is 6.21 Å². The minimum atomic E-state index is -0.200. The number of carbonyl (C=O) groups excluding carboxylic acids is 1. The lowest BCUT2D eigenvalue weighted by Gasteiger charge is -2.28. The van der Waals surface area contributed by atoms with Crippen molar-refractivity contribution in [2.75, 3.05) is 0 Å². The molecule has 0 bridgehead atoms. The van der Waals surface area contributed by atoms with Gasteiger partial charge in [-0.2, -0.15) is 0 Å². The van der Waals surface area contributed by atoms with E-state index < -0.39 is 0 Å². The molecule has 0 amide bonds. The Morgan fingerprint density at radius 1 is 1.46 bits per heavy atom. The molecule has 0 aliphatic heterocycles. The summed E-state index contributed by atoms with van der Waals surface area (Å²) in [5, 5.41) is 20.5. The van der Waals surface area contributed by atoms with Crippen molar-refractivity contribution in [1.29, 1.82) is 0 Å². The maximum absolute atomic E-state index is 11.4. The van der Waals surface area contributed by atoms with E-state index in [0.29, 0.717) is 12.8 Å². The van der Waals surface area contributed by atoms with Crippen LogP contribution in [0.2, 0.25) is 0 Å². The third kappa shape index (κ3) is 2.08. The molecule has 4 heteroatoms. The Morgan fingerprint density at radius 2 is 2.08 bits per heavy atom. The SMILES string of the molecule is CC1(C)CC(=O)C(/C=N/O)=C(O)C1. The molecule has 4 nitrogen and oxygen atoms in total. The first-order valence-corrected chi connectivity index (χ1v) is 4.09. The summed E-state index contributed by atoms with van der Waals surface area (Å²) in [5.74, 6) is -0.161. The fourth-order valence-electron chi connectivity index (χ4n) is 1.51. The molecule has 72 valence electrons. The number of nitrogens with zero attached hydrogens (tertiary/aromatic N) is 1. The first kappa shape index (κ1) is 9.77. The van der Waals surface area contributed by atoms with E-state index in [9.17, 15) is 9.90 Å². The van der Waals surface area contributed by atoms with Crippen molar-refractivity contribution in [3.8, 4) is 0 Å². The molecule has 0 saturated heterocycles. The zero-order valence-electron chi connectivity index (χ0n) is 7.74. The number of rotatable bonds is 1. The third-order valence-corrected chi connectivity index (χ3v) is 2.08. The van der Waals surface area contributed by atoms with Crippen molar-refractivity contribution in [1.82, 2.24) is 0 Å². The lowest BCUT2D eigenvalue weighted by atomic mass is 9.77. The van der Waals surface area contributed by atoms with Gasteiger partial charge in [0, 0.05) is 12.8 Å². The zero-order valence-corrected chi connectivity index (χ0v) is 7.74. The Morgan fingerprint density at radius 3 is 2.54 bits per heavy atom. The second-order valence-electron chi connectivity index (χ2n) is 4.05. The van der Waals surface area contributed by atoms with Gasteiger partial charge in [0.25, 0.3) is 0 Å². The van der Waals surface area contributed by atoms with Gasteiger partial charge in [0.05, 0.1) is 11.8 Å². The lowest BCUT2D eigenvalue weighted by molar-refractivity contribution is -0.117. The van der Waals surface area contributed by atoms with Crippen LogP contribution in [0.1, 0.15) is 26.7 Å². The molecule has 1 rings (SSSR count). The molecular weight excluding hydrogens is 170 g/mol. The molecule has 0 spiro atoms. The van der Waals surface area contributed by atoms with E-state index in [2.05, 4.69) is 5.16 Å². The van der Waals surface area contributed by atoms with Crippen LogP contribution in [0.4, 0.5) is 0 Å². The van der Waals surface area contributed by atoms with Crippen LogP contribution in [-0.4, -0.2) is 22.3 Å². The minimum Gasteiger partial charge on any atom is -0.511 e. The van der Waals surface area contributed by atoms with Gasteiger partial charge in [-0.25, -0.2) is 0 Å². The summed E-state index contributed by atoms with van der Waals surface area (Å²) in [6.45, 7) is 3.82. The Hall–Kier alpha value is -1.32. The van der Waals surface area contributed by atoms with Crippen molar-refractivity contribution in [3.63, 3.8) is 0 Å². The topological polar surface area (TPSA) is 69.9 Å². The zero-order chi connectivity index (χ0) is 10.1. The summed E-state index contributed by atoms with van der Waals surface area (Å²) in [6.07, 6.45) is 1.81. The second kappa shape index (κ2) is 3.20. The summed E-state index contributed by atoms with van der Waals surface area (Å²) < 4.78 is 0. The largest absolute Gasteiger partial charge is 0.511 e. The first-order chi connectivity index (χ1) is 5.96.